The Hall–Kier alpha value is -3.75. The molecular formula is C27H32FN5O3. The molecule has 0 saturated carbocycles. The number of fused-ring (bicyclic) bond motifs is 1. The molecule has 0 aliphatic carbocycles. The maximum Gasteiger partial charge on any atom is 0.330 e. The van der Waals surface area contributed by atoms with Gasteiger partial charge in [0.15, 0.2) is 5.65 Å². The van der Waals surface area contributed by atoms with Gasteiger partial charge >= 0.3 is 5.97 Å². The predicted molar refractivity (Wildman–Crippen MR) is 137 cm³/mol. The Morgan fingerprint density at radius 2 is 2.00 bits per heavy atom. The van der Waals surface area contributed by atoms with E-state index in [4.69, 9.17) is 4.74 Å². The van der Waals surface area contributed by atoms with Gasteiger partial charge in [-0.2, -0.15) is 9.61 Å². The number of hydrogen-bond donors (Lipinski definition) is 0. The second-order valence-electron chi connectivity index (χ2n) is 9.22. The van der Waals surface area contributed by atoms with Crippen molar-refractivity contribution in [2.45, 2.75) is 45.6 Å². The van der Waals surface area contributed by atoms with Crippen molar-refractivity contribution in [3.05, 3.63) is 53.5 Å². The number of rotatable bonds is 6. The summed E-state index contributed by atoms with van der Waals surface area (Å²) in [6.45, 7) is 4.80. The van der Waals surface area contributed by atoms with Crippen molar-refractivity contribution in [2.24, 2.45) is 0 Å². The number of anilines is 1. The zero-order valence-corrected chi connectivity index (χ0v) is 21.2. The Morgan fingerprint density at radius 1 is 1.19 bits per heavy atom. The van der Waals surface area contributed by atoms with Crippen molar-refractivity contribution in [1.29, 1.82) is 0 Å². The number of carbonyl (C=O) groups excluding carboxylic acids is 2. The van der Waals surface area contributed by atoms with E-state index in [2.05, 4.69) is 17.0 Å². The average molecular weight is 494 g/mol. The molecule has 1 aromatic carbocycles. The van der Waals surface area contributed by atoms with Crippen LogP contribution in [0.1, 0.15) is 55.6 Å². The van der Waals surface area contributed by atoms with Crippen LogP contribution in [0.2, 0.25) is 0 Å². The largest absolute Gasteiger partial charge is 0.463 e. The van der Waals surface area contributed by atoms with Gasteiger partial charge in [-0.05, 0) is 50.5 Å². The molecule has 0 spiro atoms. The van der Waals surface area contributed by atoms with E-state index in [0.717, 1.165) is 32.2 Å². The van der Waals surface area contributed by atoms with E-state index < -0.39 is 11.8 Å². The standard InChI is InChI=1S/C27H32FN5O3/c1-5-36-26(34)13-11-19-10-12-20(21(28)15-19)22-16-24-29-23(17-25(31(3)4)33(24)30-22)27(35)32-14-8-6-7-9-18(32)2/h10-13,15-18H,5-9,14H2,1-4H3/b13-11+/t18-/m1/s1. The normalized spacial score (nSPS) is 16.4. The SMILES string of the molecule is CCOC(=O)/C=C/c1ccc(-c2cc3nc(C(=O)N4CCCCC[C@H]4C)cc(N(C)C)n3n2)c(F)c1. The second kappa shape index (κ2) is 10.9. The van der Waals surface area contributed by atoms with Crippen LogP contribution in [0, 0.1) is 5.82 Å². The van der Waals surface area contributed by atoms with Crippen LogP contribution in [0.4, 0.5) is 10.2 Å². The number of carbonyl (C=O) groups is 2. The van der Waals surface area contributed by atoms with E-state index in [-0.39, 0.29) is 18.6 Å². The number of hydrogen-bond acceptors (Lipinski definition) is 6. The van der Waals surface area contributed by atoms with Gasteiger partial charge in [-0.3, -0.25) is 4.79 Å². The molecule has 1 fully saturated rings. The Labute approximate surface area is 210 Å². The van der Waals surface area contributed by atoms with Crippen molar-refractivity contribution in [2.75, 3.05) is 32.1 Å². The highest BCUT2D eigenvalue weighted by atomic mass is 19.1. The molecule has 0 N–H and O–H groups in total. The van der Waals surface area contributed by atoms with Crippen LogP contribution in [0.25, 0.3) is 23.0 Å². The second-order valence-corrected chi connectivity index (χ2v) is 9.22. The Balaban J connectivity index is 1.69. The number of nitrogens with zero attached hydrogens (tertiary/aromatic N) is 5. The molecule has 36 heavy (non-hydrogen) atoms. The average Bonchev–Trinajstić information content (AvgIpc) is 3.15. The summed E-state index contributed by atoms with van der Waals surface area (Å²) in [5, 5.41) is 4.59. The first kappa shape index (κ1) is 25.3. The molecule has 0 bridgehead atoms. The molecule has 1 amide bonds. The molecule has 1 aliphatic heterocycles. The fourth-order valence-corrected chi connectivity index (χ4v) is 4.44. The minimum atomic E-state index is -0.482. The summed E-state index contributed by atoms with van der Waals surface area (Å²) in [6, 6.07) is 8.24. The van der Waals surface area contributed by atoms with Gasteiger partial charge in [-0.25, -0.2) is 14.2 Å². The molecule has 3 aromatic rings. The third kappa shape index (κ3) is 5.40. The number of amides is 1. The lowest BCUT2D eigenvalue weighted by Crippen LogP contribution is -2.38. The highest BCUT2D eigenvalue weighted by molar-refractivity contribution is 5.94. The quantitative estimate of drug-likeness (QED) is 0.369. The lowest BCUT2D eigenvalue weighted by atomic mass is 10.1. The Bertz CT molecular complexity index is 1300. The van der Waals surface area contributed by atoms with Crippen LogP contribution in [0.15, 0.2) is 36.4 Å². The third-order valence-corrected chi connectivity index (χ3v) is 6.37. The Kier molecular flexibility index (Phi) is 7.67. The molecule has 1 aliphatic rings. The zero-order chi connectivity index (χ0) is 25.8. The molecule has 9 heteroatoms. The number of aromatic nitrogens is 3. The van der Waals surface area contributed by atoms with Gasteiger partial charge in [-0.1, -0.05) is 18.9 Å². The maximum absolute atomic E-state index is 15.0. The van der Waals surface area contributed by atoms with E-state index in [1.54, 1.807) is 35.7 Å². The van der Waals surface area contributed by atoms with E-state index in [1.807, 2.05) is 23.9 Å². The fourth-order valence-electron chi connectivity index (χ4n) is 4.44. The van der Waals surface area contributed by atoms with Crippen molar-refractivity contribution in [1.82, 2.24) is 19.5 Å². The number of ether oxygens (including phenoxy) is 1. The molecule has 190 valence electrons. The topological polar surface area (TPSA) is 80.0 Å². The summed E-state index contributed by atoms with van der Waals surface area (Å²) >= 11 is 0. The summed E-state index contributed by atoms with van der Waals surface area (Å²) < 4.78 is 21.5. The zero-order valence-electron chi connectivity index (χ0n) is 21.2. The summed E-state index contributed by atoms with van der Waals surface area (Å²) in [4.78, 5) is 33.3. The molecule has 0 unspecified atom stereocenters. The monoisotopic (exact) mass is 493 g/mol. The first-order chi connectivity index (χ1) is 17.3. The number of esters is 1. The number of benzene rings is 1. The molecular weight excluding hydrogens is 461 g/mol. The van der Waals surface area contributed by atoms with E-state index >= 15 is 4.39 Å². The molecule has 2 aromatic heterocycles. The number of halogens is 1. The van der Waals surface area contributed by atoms with Crippen LogP contribution in [-0.2, 0) is 9.53 Å². The maximum atomic E-state index is 15.0. The van der Waals surface area contributed by atoms with Crippen LogP contribution >= 0.6 is 0 Å². The van der Waals surface area contributed by atoms with E-state index in [0.29, 0.717) is 34.0 Å². The summed E-state index contributed by atoms with van der Waals surface area (Å²) in [5.41, 5.74) is 2.04. The predicted octanol–water partition coefficient (Wildman–Crippen LogP) is 4.58. The molecule has 8 nitrogen and oxygen atoms in total. The fraction of sp³-hybridized carbons (Fsp3) is 0.407. The van der Waals surface area contributed by atoms with E-state index in [9.17, 15) is 9.59 Å². The van der Waals surface area contributed by atoms with Gasteiger partial charge in [-0.15, -0.1) is 0 Å². The molecule has 3 heterocycles. The molecule has 4 rings (SSSR count). The summed E-state index contributed by atoms with van der Waals surface area (Å²) in [6.07, 6.45) is 6.98. The lowest BCUT2D eigenvalue weighted by Gasteiger charge is -2.27. The number of likely N-dealkylation sites (tertiary alicyclic amines) is 1. The minimum Gasteiger partial charge on any atom is -0.463 e. The first-order valence-electron chi connectivity index (χ1n) is 12.3. The minimum absolute atomic E-state index is 0.0957. The summed E-state index contributed by atoms with van der Waals surface area (Å²) in [5.74, 6) is -0.386. The molecule has 1 saturated heterocycles. The molecule has 1 atom stereocenters. The third-order valence-electron chi connectivity index (χ3n) is 6.37. The van der Waals surface area contributed by atoms with Gasteiger partial charge in [0.05, 0.1) is 12.3 Å². The smallest absolute Gasteiger partial charge is 0.330 e. The first-order valence-corrected chi connectivity index (χ1v) is 12.3. The van der Waals surface area contributed by atoms with Crippen molar-refractivity contribution in [3.8, 4) is 11.3 Å². The van der Waals surface area contributed by atoms with E-state index in [1.165, 1.54) is 18.2 Å². The van der Waals surface area contributed by atoms with Crippen molar-refractivity contribution < 1.29 is 18.7 Å². The molecule has 0 radical (unpaired) electrons. The van der Waals surface area contributed by atoms with Gasteiger partial charge in [0.2, 0.25) is 0 Å². The lowest BCUT2D eigenvalue weighted by molar-refractivity contribution is -0.137. The highest BCUT2D eigenvalue weighted by Crippen LogP contribution is 2.27. The van der Waals surface area contributed by atoms with Crippen LogP contribution in [-0.4, -0.2) is 64.7 Å². The van der Waals surface area contributed by atoms with Crippen LogP contribution < -0.4 is 4.90 Å². The van der Waals surface area contributed by atoms with Crippen molar-refractivity contribution >= 4 is 29.4 Å². The Morgan fingerprint density at radius 3 is 2.72 bits per heavy atom. The van der Waals surface area contributed by atoms with Gasteiger partial charge in [0, 0.05) is 50.5 Å². The van der Waals surface area contributed by atoms with Crippen molar-refractivity contribution in [3.63, 3.8) is 0 Å². The van der Waals surface area contributed by atoms with Gasteiger partial charge < -0.3 is 14.5 Å². The van der Waals surface area contributed by atoms with Gasteiger partial charge in [0.1, 0.15) is 17.3 Å². The summed E-state index contributed by atoms with van der Waals surface area (Å²) in [7, 11) is 3.73. The highest BCUT2D eigenvalue weighted by Gasteiger charge is 2.26. The van der Waals surface area contributed by atoms with Crippen LogP contribution in [0.3, 0.4) is 0 Å². The van der Waals surface area contributed by atoms with Crippen LogP contribution in [0.5, 0.6) is 0 Å². The van der Waals surface area contributed by atoms with Gasteiger partial charge in [0.25, 0.3) is 5.91 Å².